The third kappa shape index (κ3) is 4.11. The molecule has 1 unspecified atom stereocenters. The summed E-state index contributed by atoms with van der Waals surface area (Å²) >= 11 is 15.4. The molecule has 0 saturated heterocycles. The second-order valence-electron chi connectivity index (χ2n) is 5.85. The van der Waals surface area contributed by atoms with Gasteiger partial charge in [-0.3, -0.25) is 14.2 Å². The Balaban J connectivity index is 1.72. The number of nitrogens with one attached hydrogen (secondary N) is 1. The summed E-state index contributed by atoms with van der Waals surface area (Å²) in [6.07, 6.45) is 3.46. The molecule has 1 amide bonds. The molecule has 2 heterocycles. The summed E-state index contributed by atoms with van der Waals surface area (Å²) in [6, 6.07) is 6.82. The summed E-state index contributed by atoms with van der Waals surface area (Å²) < 4.78 is 4.06. The van der Waals surface area contributed by atoms with Crippen molar-refractivity contribution in [2.75, 3.05) is 5.32 Å². The van der Waals surface area contributed by atoms with E-state index in [1.807, 2.05) is 19.1 Å². The van der Waals surface area contributed by atoms with Gasteiger partial charge in [-0.2, -0.15) is 10.2 Å². The number of carbonyl (C=O) groups is 1. The SMILES string of the molecule is Cc1ccnn1C(C)C(=O)Nc1nn(Cc2ccc(Cl)c(Cl)c2)cc1Br. The zero-order chi connectivity index (χ0) is 18.8. The smallest absolute Gasteiger partial charge is 0.250 e. The minimum atomic E-state index is -0.447. The predicted molar refractivity (Wildman–Crippen MR) is 106 cm³/mol. The van der Waals surface area contributed by atoms with E-state index in [-0.39, 0.29) is 5.91 Å². The van der Waals surface area contributed by atoms with E-state index in [0.717, 1.165) is 11.3 Å². The number of aromatic nitrogens is 4. The first-order chi connectivity index (χ1) is 12.3. The summed E-state index contributed by atoms with van der Waals surface area (Å²) in [5, 5.41) is 12.4. The number of amides is 1. The molecule has 1 atom stereocenters. The molecule has 3 aromatic rings. The molecular weight excluding hydrogens is 441 g/mol. The van der Waals surface area contributed by atoms with E-state index >= 15 is 0 Å². The van der Waals surface area contributed by atoms with Crippen LogP contribution in [-0.2, 0) is 11.3 Å². The van der Waals surface area contributed by atoms with Gasteiger partial charge in [-0.15, -0.1) is 0 Å². The number of benzene rings is 1. The van der Waals surface area contributed by atoms with Gasteiger partial charge in [-0.25, -0.2) is 0 Å². The van der Waals surface area contributed by atoms with Gasteiger partial charge in [0.1, 0.15) is 6.04 Å². The second kappa shape index (κ2) is 7.82. The van der Waals surface area contributed by atoms with Crippen molar-refractivity contribution in [2.45, 2.75) is 26.4 Å². The van der Waals surface area contributed by atoms with E-state index in [1.54, 1.807) is 40.8 Å². The van der Waals surface area contributed by atoms with Gasteiger partial charge in [-0.05, 0) is 53.5 Å². The maximum atomic E-state index is 12.5. The molecule has 0 aliphatic rings. The van der Waals surface area contributed by atoms with Crippen molar-refractivity contribution in [2.24, 2.45) is 0 Å². The van der Waals surface area contributed by atoms with Gasteiger partial charge in [0, 0.05) is 18.1 Å². The van der Waals surface area contributed by atoms with Crippen LogP contribution in [0.3, 0.4) is 0 Å². The summed E-state index contributed by atoms with van der Waals surface area (Å²) in [7, 11) is 0. The third-order valence-corrected chi connectivity index (χ3v) is 5.22. The highest BCUT2D eigenvalue weighted by Crippen LogP contribution is 2.25. The average molecular weight is 457 g/mol. The molecule has 0 aliphatic carbocycles. The first kappa shape index (κ1) is 18.9. The van der Waals surface area contributed by atoms with Gasteiger partial charge in [0.05, 0.1) is 21.1 Å². The molecule has 136 valence electrons. The summed E-state index contributed by atoms with van der Waals surface area (Å²) in [6.45, 7) is 4.19. The maximum absolute atomic E-state index is 12.5. The second-order valence-corrected chi connectivity index (χ2v) is 7.52. The van der Waals surface area contributed by atoms with E-state index in [2.05, 4.69) is 31.4 Å². The van der Waals surface area contributed by atoms with E-state index < -0.39 is 6.04 Å². The maximum Gasteiger partial charge on any atom is 0.250 e. The highest BCUT2D eigenvalue weighted by molar-refractivity contribution is 9.10. The normalized spacial score (nSPS) is 12.2. The van der Waals surface area contributed by atoms with E-state index in [9.17, 15) is 4.79 Å². The van der Waals surface area contributed by atoms with Crippen LogP contribution in [0.15, 0.2) is 41.1 Å². The number of carbonyl (C=O) groups excluding carboxylic acids is 1. The molecule has 0 bridgehead atoms. The lowest BCUT2D eigenvalue weighted by Crippen LogP contribution is -2.25. The molecule has 0 spiro atoms. The number of hydrogen-bond donors (Lipinski definition) is 1. The minimum absolute atomic E-state index is 0.197. The lowest BCUT2D eigenvalue weighted by Gasteiger charge is -2.13. The fraction of sp³-hybridized carbons (Fsp3) is 0.235. The van der Waals surface area contributed by atoms with Crippen molar-refractivity contribution < 1.29 is 4.79 Å². The fourth-order valence-corrected chi connectivity index (χ4v) is 3.24. The molecule has 2 aromatic heterocycles. The molecular formula is C17H16BrCl2N5O. The Morgan fingerprint density at radius 3 is 2.73 bits per heavy atom. The number of hydrogen-bond acceptors (Lipinski definition) is 3. The summed E-state index contributed by atoms with van der Waals surface area (Å²) in [5.41, 5.74) is 1.87. The highest BCUT2D eigenvalue weighted by Gasteiger charge is 2.19. The van der Waals surface area contributed by atoms with Gasteiger partial charge >= 0.3 is 0 Å². The predicted octanol–water partition coefficient (Wildman–Crippen LogP) is 4.71. The van der Waals surface area contributed by atoms with E-state index in [4.69, 9.17) is 23.2 Å². The Morgan fingerprint density at radius 2 is 2.08 bits per heavy atom. The van der Waals surface area contributed by atoms with Crippen molar-refractivity contribution in [3.63, 3.8) is 0 Å². The van der Waals surface area contributed by atoms with Gasteiger partial charge < -0.3 is 5.32 Å². The Morgan fingerprint density at radius 1 is 1.31 bits per heavy atom. The molecule has 0 saturated carbocycles. The Bertz CT molecular complexity index is 953. The first-order valence-corrected chi connectivity index (χ1v) is 9.38. The average Bonchev–Trinajstić information content (AvgIpc) is 3.16. The molecule has 1 aromatic carbocycles. The van der Waals surface area contributed by atoms with Crippen LogP contribution in [0.1, 0.15) is 24.2 Å². The van der Waals surface area contributed by atoms with Crippen LogP contribution in [-0.4, -0.2) is 25.5 Å². The molecule has 9 heteroatoms. The van der Waals surface area contributed by atoms with E-state index in [0.29, 0.717) is 26.9 Å². The van der Waals surface area contributed by atoms with Crippen LogP contribution in [0, 0.1) is 6.92 Å². The molecule has 26 heavy (non-hydrogen) atoms. The topological polar surface area (TPSA) is 64.7 Å². The van der Waals surface area contributed by atoms with Crippen LogP contribution < -0.4 is 5.32 Å². The minimum Gasteiger partial charge on any atom is -0.306 e. The molecule has 3 rings (SSSR count). The first-order valence-electron chi connectivity index (χ1n) is 7.83. The van der Waals surface area contributed by atoms with Gasteiger partial charge in [0.15, 0.2) is 5.82 Å². The number of anilines is 1. The molecule has 0 aliphatic heterocycles. The number of aryl methyl sites for hydroxylation is 1. The molecule has 0 radical (unpaired) electrons. The summed E-state index contributed by atoms with van der Waals surface area (Å²) in [4.78, 5) is 12.5. The van der Waals surface area contributed by atoms with Crippen LogP contribution in [0.25, 0.3) is 0 Å². The molecule has 1 N–H and O–H groups in total. The van der Waals surface area contributed by atoms with Gasteiger partial charge in [0.2, 0.25) is 5.91 Å². The number of halogens is 3. The van der Waals surface area contributed by atoms with Crippen LogP contribution >= 0.6 is 39.1 Å². The highest BCUT2D eigenvalue weighted by atomic mass is 79.9. The standard InChI is InChI=1S/C17H16BrCl2N5O/c1-10-5-6-21-25(10)11(2)17(26)22-16-13(18)9-24(23-16)8-12-3-4-14(19)15(20)7-12/h3-7,9,11H,8H2,1-2H3,(H,22,23,26). The van der Waals surface area contributed by atoms with Crippen molar-refractivity contribution in [3.8, 4) is 0 Å². The van der Waals surface area contributed by atoms with E-state index in [1.165, 1.54) is 0 Å². The molecule has 6 nitrogen and oxygen atoms in total. The van der Waals surface area contributed by atoms with Crippen molar-refractivity contribution in [1.29, 1.82) is 0 Å². The van der Waals surface area contributed by atoms with Crippen molar-refractivity contribution >= 4 is 50.9 Å². The Kier molecular flexibility index (Phi) is 5.70. The Labute approximate surface area is 169 Å². The zero-order valence-electron chi connectivity index (χ0n) is 14.1. The number of rotatable bonds is 5. The largest absolute Gasteiger partial charge is 0.306 e. The zero-order valence-corrected chi connectivity index (χ0v) is 17.2. The van der Waals surface area contributed by atoms with Crippen molar-refractivity contribution in [1.82, 2.24) is 19.6 Å². The molecule has 0 fully saturated rings. The fourth-order valence-electron chi connectivity index (χ4n) is 2.51. The van der Waals surface area contributed by atoms with Crippen LogP contribution in [0.4, 0.5) is 5.82 Å². The summed E-state index contributed by atoms with van der Waals surface area (Å²) in [5.74, 6) is 0.254. The van der Waals surface area contributed by atoms with Gasteiger partial charge in [0.25, 0.3) is 0 Å². The van der Waals surface area contributed by atoms with Crippen LogP contribution in [0.2, 0.25) is 10.0 Å². The lowest BCUT2D eigenvalue weighted by molar-refractivity contribution is -0.119. The number of nitrogens with zero attached hydrogens (tertiary/aromatic N) is 4. The quantitative estimate of drug-likeness (QED) is 0.604. The monoisotopic (exact) mass is 455 g/mol. The third-order valence-electron chi connectivity index (χ3n) is 3.90. The Hall–Kier alpha value is -1.83. The van der Waals surface area contributed by atoms with Crippen LogP contribution in [0.5, 0.6) is 0 Å². The van der Waals surface area contributed by atoms with Gasteiger partial charge in [-0.1, -0.05) is 29.3 Å². The lowest BCUT2D eigenvalue weighted by atomic mass is 10.2. The van der Waals surface area contributed by atoms with Crippen molar-refractivity contribution in [3.05, 3.63) is 62.4 Å².